The van der Waals surface area contributed by atoms with Crippen molar-refractivity contribution in [1.29, 1.82) is 0 Å². The maximum absolute atomic E-state index is 12.3. The average molecular weight is 424 g/mol. The second-order valence-corrected chi connectivity index (χ2v) is 9.05. The predicted molar refractivity (Wildman–Crippen MR) is 110 cm³/mol. The lowest BCUT2D eigenvalue weighted by molar-refractivity contribution is 0.238. The van der Waals surface area contributed by atoms with Crippen LogP contribution in [-0.2, 0) is 16.6 Å². The molecule has 0 spiro atoms. The van der Waals surface area contributed by atoms with Gasteiger partial charge >= 0.3 is 0 Å². The smallest absolute Gasteiger partial charge is 0.285 e. The van der Waals surface area contributed by atoms with E-state index in [-0.39, 0.29) is 16.4 Å². The van der Waals surface area contributed by atoms with Crippen LogP contribution in [-0.4, -0.2) is 51.8 Å². The minimum absolute atomic E-state index is 0.145. The van der Waals surface area contributed by atoms with Gasteiger partial charge in [0.1, 0.15) is 4.90 Å². The monoisotopic (exact) mass is 424 g/mol. The van der Waals surface area contributed by atoms with Crippen molar-refractivity contribution in [3.63, 3.8) is 0 Å². The summed E-state index contributed by atoms with van der Waals surface area (Å²) in [5, 5.41) is 8.60. The van der Waals surface area contributed by atoms with Crippen LogP contribution in [0.3, 0.4) is 0 Å². The van der Waals surface area contributed by atoms with E-state index in [1.807, 2.05) is 11.0 Å². The lowest BCUT2D eigenvalue weighted by Crippen LogP contribution is -2.40. The highest BCUT2D eigenvalue weighted by Crippen LogP contribution is 2.29. The molecule has 30 heavy (non-hydrogen) atoms. The van der Waals surface area contributed by atoms with Crippen LogP contribution in [0.15, 0.2) is 68.9 Å². The zero-order chi connectivity index (χ0) is 20.7. The van der Waals surface area contributed by atoms with E-state index in [4.69, 9.17) is 0 Å². The van der Waals surface area contributed by atoms with Crippen molar-refractivity contribution in [2.24, 2.45) is 10.3 Å². The lowest BCUT2D eigenvalue weighted by Gasteiger charge is -2.33. The van der Waals surface area contributed by atoms with Gasteiger partial charge in [0.05, 0.1) is 0 Å². The number of rotatable bonds is 3. The lowest BCUT2D eigenvalue weighted by atomic mass is 9.96. The molecule has 154 valence electrons. The van der Waals surface area contributed by atoms with E-state index in [1.165, 1.54) is 10.7 Å². The number of aromatic nitrogens is 4. The Hall–Kier alpha value is -3.27. The summed E-state index contributed by atoms with van der Waals surface area (Å²) < 4.78 is 31.7. The number of likely N-dealkylation sites (tertiary alicyclic amines) is 1. The molecule has 9 nitrogen and oxygen atoms in total. The molecule has 0 bridgehead atoms. The molecule has 1 saturated heterocycles. The summed E-state index contributed by atoms with van der Waals surface area (Å²) in [5.74, 6) is 1.40. The SMILES string of the molecule is O=c1ccc(-n2cccn2)nn1CC1CCN(C2=NS(=O)(=O)c3ccccc32)CC1. The van der Waals surface area contributed by atoms with E-state index in [1.54, 1.807) is 47.4 Å². The molecule has 4 heterocycles. The van der Waals surface area contributed by atoms with Crippen LogP contribution < -0.4 is 5.56 Å². The molecule has 3 aromatic rings. The number of nitrogens with zero attached hydrogens (tertiary/aromatic N) is 6. The third kappa shape index (κ3) is 3.32. The number of sulfonamides is 1. The second kappa shape index (κ2) is 7.21. The van der Waals surface area contributed by atoms with Crippen molar-refractivity contribution in [2.75, 3.05) is 13.1 Å². The molecular weight excluding hydrogens is 404 g/mol. The molecule has 10 heteroatoms. The average Bonchev–Trinajstić information content (AvgIpc) is 3.37. The largest absolute Gasteiger partial charge is 0.355 e. The van der Waals surface area contributed by atoms with Crippen molar-refractivity contribution in [1.82, 2.24) is 24.5 Å². The summed E-state index contributed by atoms with van der Waals surface area (Å²) in [5.41, 5.74) is 0.522. The first-order valence-corrected chi connectivity index (χ1v) is 11.2. The number of benzene rings is 1. The third-order valence-corrected chi connectivity index (χ3v) is 6.87. The fourth-order valence-corrected chi connectivity index (χ4v) is 5.21. The molecule has 0 unspecified atom stereocenters. The Kier molecular flexibility index (Phi) is 4.50. The minimum Gasteiger partial charge on any atom is -0.355 e. The standard InChI is InChI=1S/C20H20N6O3S/c27-19-7-6-18(25-11-3-10-21-25)22-26(19)14-15-8-12-24(13-9-15)20-16-4-1-2-5-17(16)30(28,29)23-20/h1-7,10-11,15H,8-9,12-14H2. The van der Waals surface area contributed by atoms with Gasteiger partial charge in [-0.05, 0) is 43.0 Å². The molecule has 0 atom stereocenters. The van der Waals surface area contributed by atoms with Crippen molar-refractivity contribution in [3.8, 4) is 5.82 Å². The first-order chi connectivity index (χ1) is 14.5. The second-order valence-electron chi connectivity index (χ2n) is 7.48. The Labute approximate surface area is 173 Å². The van der Waals surface area contributed by atoms with Gasteiger partial charge in [-0.3, -0.25) is 4.79 Å². The van der Waals surface area contributed by atoms with E-state index in [9.17, 15) is 13.2 Å². The fourth-order valence-electron chi connectivity index (χ4n) is 3.98. The van der Waals surface area contributed by atoms with E-state index < -0.39 is 10.0 Å². The highest BCUT2D eigenvalue weighted by atomic mass is 32.2. The van der Waals surface area contributed by atoms with E-state index in [0.29, 0.717) is 36.9 Å². The Morgan fingerprint density at radius 2 is 1.83 bits per heavy atom. The number of hydrogen-bond donors (Lipinski definition) is 0. The summed E-state index contributed by atoms with van der Waals surface area (Å²) in [6, 6.07) is 11.9. The predicted octanol–water partition coefficient (Wildman–Crippen LogP) is 1.29. The van der Waals surface area contributed by atoms with E-state index >= 15 is 0 Å². The van der Waals surface area contributed by atoms with Crippen molar-refractivity contribution < 1.29 is 8.42 Å². The van der Waals surface area contributed by atoms with Gasteiger partial charge in [-0.25, -0.2) is 9.36 Å². The highest BCUT2D eigenvalue weighted by molar-refractivity contribution is 7.90. The highest BCUT2D eigenvalue weighted by Gasteiger charge is 2.33. The maximum atomic E-state index is 12.3. The summed E-state index contributed by atoms with van der Waals surface area (Å²) in [7, 11) is -3.62. The molecule has 0 radical (unpaired) electrons. The van der Waals surface area contributed by atoms with Gasteiger partial charge in [0, 0.05) is 43.7 Å². The van der Waals surface area contributed by atoms with Gasteiger partial charge < -0.3 is 4.90 Å². The number of amidine groups is 1. The van der Waals surface area contributed by atoms with Gasteiger partial charge in [0.2, 0.25) is 0 Å². The molecule has 0 saturated carbocycles. The minimum atomic E-state index is -3.62. The zero-order valence-corrected chi connectivity index (χ0v) is 16.9. The molecule has 1 fully saturated rings. The van der Waals surface area contributed by atoms with Crippen molar-refractivity contribution in [3.05, 3.63) is 70.8 Å². The molecule has 0 aliphatic carbocycles. The van der Waals surface area contributed by atoms with Crippen LogP contribution in [0.4, 0.5) is 0 Å². The Bertz CT molecular complexity index is 1270. The van der Waals surface area contributed by atoms with Crippen molar-refractivity contribution in [2.45, 2.75) is 24.3 Å². The zero-order valence-electron chi connectivity index (χ0n) is 16.1. The van der Waals surface area contributed by atoms with Crippen LogP contribution in [0.25, 0.3) is 5.82 Å². The van der Waals surface area contributed by atoms with Crippen LogP contribution in [0.5, 0.6) is 0 Å². The van der Waals surface area contributed by atoms with Gasteiger partial charge in [-0.2, -0.15) is 13.5 Å². The molecule has 2 aromatic heterocycles. The maximum Gasteiger partial charge on any atom is 0.285 e. The summed E-state index contributed by atoms with van der Waals surface area (Å²) in [6.07, 6.45) is 5.09. The molecule has 0 amide bonds. The van der Waals surface area contributed by atoms with Crippen LogP contribution in [0.1, 0.15) is 18.4 Å². The van der Waals surface area contributed by atoms with Gasteiger partial charge in [-0.1, -0.05) is 12.1 Å². The fraction of sp³-hybridized carbons (Fsp3) is 0.300. The summed E-state index contributed by atoms with van der Waals surface area (Å²) >= 11 is 0. The first kappa shape index (κ1) is 18.7. The van der Waals surface area contributed by atoms with Gasteiger partial charge in [-0.15, -0.1) is 9.50 Å². The molecular formula is C20H20N6O3S. The van der Waals surface area contributed by atoms with Gasteiger partial charge in [0.15, 0.2) is 11.7 Å². The van der Waals surface area contributed by atoms with Crippen LogP contribution >= 0.6 is 0 Å². The summed E-state index contributed by atoms with van der Waals surface area (Å²) in [4.78, 5) is 14.6. The molecule has 2 aliphatic heterocycles. The van der Waals surface area contributed by atoms with E-state index in [2.05, 4.69) is 14.6 Å². The first-order valence-electron chi connectivity index (χ1n) is 9.79. The third-order valence-electron chi connectivity index (χ3n) is 5.55. The summed E-state index contributed by atoms with van der Waals surface area (Å²) in [6.45, 7) is 1.88. The topological polar surface area (TPSA) is 102 Å². The molecule has 0 N–H and O–H groups in total. The van der Waals surface area contributed by atoms with Crippen LogP contribution in [0.2, 0.25) is 0 Å². The van der Waals surface area contributed by atoms with Gasteiger partial charge in [0.25, 0.3) is 15.6 Å². The quantitative estimate of drug-likeness (QED) is 0.628. The van der Waals surface area contributed by atoms with E-state index in [0.717, 1.165) is 12.8 Å². The number of hydrogen-bond acceptors (Lipinski definition) is 6. The Balaban J connectivity index is 1.30. The Morgan fingerprint density at radius 3 is 2.60 bits per heavy atom. The Morgan fingerprint density at radius 1 is 1.03 bits per heavy atom. The molecule has 2 aliphatic rings. The van der Waals surface area contributed by atoms with Crippen molar-refractivity contribution >= 4 is 15.9 Å². The molecule has 1 aromatic carbocycles. The molecule has 5 rings (SSSR count). The van der Waals surface area contributed by atoms with Crippen LogP contribution in [0, 0.1) is 5.92 Å². The number of piperidine rings is 1. The number of fused-ring (bicyclic) bond motifs is 1. The normalized spacial score (nSPS) is 18.3.